The summed E-state index contributed by atoms with van der Waals surface area (Å²) < 4.78 is 37.4. The molecule has 0 radical (unpaired) electrons. The summed E-state index contributed by atoms with van der Waals surface area (Å²) >= 11 is 0.943. The van der Waals surface area contributed by atoms with Gasteiger partial charge in [-0.25, -0.2) is 9.98 Å². The predicted octanol–water partition coefficient (Wildman–Crippen LogP) is 2.61. The van der Waals surface area contributed by atoms with E-state index in [-0.39, 0.29) is 42.5 Å². The molecule has 0 atom stereocenters. The Hall–Kier alpha value is -0.620. The lowest BCUT2D eigenvalue weighted by Crippen LogP contribution is -2.41. The van der Waals surface area contributed by atoms with Crippen molar-refractivity contribution in [3.05, 3.63) is 16.1 Å². The molecule has 1 aromatic heterocycles. The number of thiazole rings is 1. The summed E-state index contributed by atoms with van der Waals surface area (Å²) in [7, 11) is 0. The van der Waals surface area contributed by atoms with Crippen LogP contribution in [0.4, 0.5) is 13.2 Å². The lowest BCUT2D eigenvalue weighted by atomic mass is 10.1. The van der Waals surface area contributed by atoms with Crippen LogP contribution in [0, 0.1) is 5.41 Å². The monoisotopic (exact) mass is 464 g/mol. The van der Waals surface area contributed by atoms with Crippen molar-refractivity contribution in [3.63, 3.8) is 0 Å². The molecule has 23 heavy (non-hydrogen) atoms. The van der Waals surface area contributed by atoms with Crippen LogP contribution in [-0.2, 0) is 12.7 Å². The zero-order valence-electron chi connectivity index (χ0n) is 12.6. The van der Waals surface area contributed by atoms with Crippen LogP contribution in [0.3, 0.4) is 0 Å². The van der Waals surface area contributed by atoms with E-state index in [1.54, 1.807) is 0 Å². The minimum atomic E-state index is -4.42. The lowest BCUT2D eigenvalue weighted by Gasteiger charge is -2.16. The summed E-state index contributed by atoms with van der Waals surface area (Å²) in [5.41, 5.74) is -0.946. The molecule has 1 saturated carbocycles. The first kappa shape index (κ1) is 20.4. The summed E-state index contributed by atoms with van der Waals surface area (Å²) in [6, 6.07) is 0. The molecule has 0 bridgehead atoms. The first-order valence-electron chi connectivity index (χ1n) is 7.03. The van der Waals surface area contributed by atoms with E-state index in [0.717, 1.165) is 29.6 Å². The van der Waals surface area contributed by atoms with E-state index in [1.807, 2.05) is 6.92 Å². The lowest BCUT2D eigenvalue weighted by molar-refractivity contribution is -0.140. The maximum atomic E-state index is 12.5. The van der Waals surface area contributed by atoms with E-state index < -0.39 is 11.9 Å². The van der Waals surface area contributed by atoms with Gasteiger partial charge in [0.15, 0.2) is 11.7 Å². The molecule has 0 aromatic carbocycles. The van der Waals surface area contributed by atoms with Gasteiger partial charge in [0.05, 0.1) is 13.2 Å². The third-order valence-corrected chi connectivity index (χ3v) is 4.32. The maximum absolute atomic E-state index is 12.5. The Morgan fingerprint density at radius 3 is 2.61 bits per heavy atom. The summed E-state index contributed by atoms with van der Waals surface area (Å²) in [6.45, 7) is 3.36. The molecule has 0 unspecified atom stereocenters. The first-order chi connectivity index (χ1) is 10.4. The van der Waals surface area contributed by atoms with Gasteiger partial charge in [0.25, 0.3) is 0 Å². The molecule has 10 heteroatoms. The summed E-state index contributed by atoms with van der Waals surface area (Å²) in [6.07, 6.45) is -2.48. The average molecular weight is 464 g/mol. The fraction of sp³-hybridized carbons (Fsp3) is 0.692. The van der Waals surface area contributed by atoms with Crippen LogP contribution in [0.1, 0.15) is 30.5 Å². The highest BCUT2D eigenvalue weighted by molar-refractivity contribution is 14.0. The van der Waals surface area contributed by atoms with Gasteiger partial charge >= 0.3 is 6.18 Å². The molecule has 3 N–H and O–H groups in total. The Morgan fingerprint density at radius 2 is 2.13 bits per heavy atom. The van der Waals surface area contributed by atoms with Crippen LogP contribution in [0.25, 0.3) is 0 Å². The fourth-order valence-electron chi connectivity index (χ4n) is 1.84. The number of aromatic nitrogens is 1. The van der Waals surface area contributed by atoms with E-state index in [4.69, 9.17) is 0 Å². The van der Waals surface area contributed by atoms with Crippen LogP contribution in [0.15, 0.2) is 10.4 Å². The average Bonchev–Trinajstić information content (AvgIpc) is 3.08. The van der Waals surface area contributed by atoms with Crippen molar-refractivity contribution in [1.82, 2.24) is 15.6 Å². The maximum Gasteiger partial charge on any atom is 0.434 e. The molecular weight excluding hydrogens is 444 g/mol. The molecule has 2 rings (SSSR count). The fourth-order valence-corrected chi connectivity index (χ4v) is 2.57. The van der Waals surface area contributed by atoms with Gasteiger partial charge < -0.3 is 15.7 Å². The van der Waals surface area contributed by atoms with E-state index in [2.05, 4.69) is 20.6 Å². The van der Waals surface area contributed by atoms with E-state index in [9.17, 15) is 18.3 Å². The topological polar surface area (TPSA) is 69.5 Å². The highest BCUT2D eigenvalue weighted by atomic mass is 127. The SMILES string of the molecule is CCNC(=NCc1nc(C(F)(F)F)cs1)NCC1(CO)CC1.I. The number of hydrogen-bond acceptors (Lipinski definition) is 4. The van der Waals surface area contributed by atoms with Gasteiger partial charge in [-0.3, -0.25) is 0 Å². The number of halogens is 4. The van der Waals surface area contributed by atoms with Crippen molar-refractivity contribution in [2.75, 3.05) is 19.7 Å². The molecule has 132 valence electrons. The molecule has 0 amide bonds. The number of aliphatic hydroxyl groups is 1. The predicted molar refractivity (Wildman–Crippen MR) is 94.1 cm³/mol. The zero-order chi connectivity index (χ0) is 16.2. The van der Waals surface area contributed by atoms with Gasteiger partial charge in [0.2, 0.25) is 0 Å². The minimum absolute atomic E-state index is 0. The molecule has 1 heterocycles. The Morgan fingerprint density at radius 1 is 1.43 bits per heavy atom. The molecule has 0 saturated heterocycles. The van der Waals surface area contributed by atoms with Gasteiger partial charge in [0.1, 0.15) is 5.01 Å². The van der Waals surface area contributed by atoms with E-state index in [1.165, 1.54) is 0 Å². The molecule has 1 aliphatic rings. The van der Waals surface area contributed by atoms with Crippen LogP contribution in [-0.4, -0.2) is 35.7 Å². The van der Waals surface area contributed by atoms with Crippen molar-refractivity contribution in [2.24, 2.45) is 10.4 Å². The molecule has 0 spiro atoms. The molecule has 1 fully saturated rings. The van der Waals surface area contributed by atoms with Crippen LogP contribution >= 0.6 is 35.3 Å². The summed E-state index contributed by atoms with van der Waals surface area (Å²) in [4.78, 5) is 7.78. The third kappa shape index (κ3) is 6.07. The van der Waals surface area contributed by atoms with Gasteiger partial charge in [0, 0.05) is 23.9 Å². The van der Waals surface area contributed by atoms with Gasteiger partial charge in [-0.15, -0.1) is 35.3 Å². The Kier molecular flexibility index (Phi) is 7.52. The van der Waals surface area contributed by atoms with E-state index in [0.29, 0.717) is 24.1 Å². The Bertz CT molecular complexity index is 532. The molecule has 1 aromatic rings. The van der Waals surface area contributed by atoms with Crippen molar-refractivity contribution in [3.8, 4) is 0 Å². The number of alkyl halides is 3. The molecule has 1 aliphatic carbocycles. The largest absolute Gasteiger partial charge is 0.434 e. The Balaban J connectivity index is 0.00000264. The highest BCUT2D eigenvalue weighted by Gasteiger charge is 2.41. The summed E-state index contributed by atoms with van der Waals surface area (Å²) in [5.74, 6) is 0.519. The number of nitrogens with zero attached hydrogens (tertiary/aromatic N) is 2. The molecular formula is C13H20F3IN4OS. The van der Waals surface area contributed by atoms with Crippen LogP contribution in [0.5, 0.6) is 0 Å². The van der Waals surface area contributed by atoms with Crippen molar-refractivity contribution in [2.45, 2.75) is 32.5 Å². The van der Waals surface area contributed by atoms with Crippen molar-refractivity contribution < 1.29 is 18.3 Å². The number of guanidine groups is 1. The zero-order valence-corrected chi connectivity index (χ0v) is 15.8. The number of aliphatic hydroxyl groups excluding tert-OH is 1. The standard InChI is InChI=1S/C13H19F3N4OS.HI/c1-2-17-11(19-7-12(8-21)3-4-12)18-5-10-20-9(6-22-10)13(14,15)16;/h6,21H,2-5,7-8H2,1H3,(H2,17,18,19);1H. The van der Waals surface area contributed by atoms with Gasteiger partial charge in [-0.1, -0.05) is 0 Å². The second kappa shape index (κ2) is 8.47. The number of rotatable bonds is 6. The molecule has 5 nitrogen and oxygen atoms in total. The highest BCUT2D eigenvalue weighted by Crippen LogP contribution is 2.44. The number of aliphatic imine (C=N–C) groups is 1. The van der Waals surface area contributed by atoms with Gasteiger partial charge in [-0.2, -0.15) is 13.2 Å². The number of nitrogens with one attached hydrogen (secondary N) is 2. The van der Waals surface area contributed by atoms with Crippen LogP contribution < -0.4 is 10.6 Å². The first-order valence-corrected chi connectivity index (χ1v) is 7.91. The van der Waals surface area contributed by atoms with Crippen LogP contribution in [0.2, 0.25) is 0 Å². The summed E-state index contributed by atoms with van der Waals surface area (Å²) in [5, 5.41) is 16.7. The second-order valence-corrected chi connectivity index (χ2v) is 6.27. The third-order valence-electron chi connectivity index (χ3n) is 3.48. The van der Waals surface area contributed by atoms with Gasteiger partial charge in [-0.05, 0) is 19.8 Å². The minimum Gasteiger partial charge on any atom is -0.396 e. The van der Waals surface area contributed by atoms with Crippen molar-refractivity contribution in [1.29, 1.82) is 0 Å². The van der Waals surface area contributed by atoms with E-state index >= 15 is 0 Å². The normalized spacial score (nSPS) is 16.7. The second-order valence-electron chi connectivity index (χ2n) is 5.33. The number of hydrogen-bond donors (Lipinski definition) is 3. The van der Waals surface area contributed by atoms with Crippen molar-refractivity contribution >= 4 is 41.3 Å². The Labute approximate surface area is 153 Å². The molecule has 0 aliphatic heterocycles. The quantitative estimate of drug-likeness (QED) is 0.344. The smallest absolute Gasteiger partial charge is 0.396 e.